The van der Waals surface area contributed by atoms with Gasteiger partial charge in [-0.05, 0) is 0 Å². The lowest BCUT2D eigenvalue weighted by Gasteiger charge is -1.72. The molecule has 8 heavy (non-hydrogen) atoms. The van der Waals surface area contributed by atoms with Gasteiger partial charge in [0.1, 0.15) is 6.07 Å². The molecule has 0 radical (unpaired) electrons. The van der Waals surface area contributed by atoms with E-state index in [0.717, 1.165) is 0 Å². The molecule has 0 atom stereocenters. The summed E-state index contributed by atoms with van der Waals surface area (Å²) in [7, 11) is 0. The third kappa shape index (κ3) is 0.873. The van der Waals surface area contributed by atoms with Gasteiger partial charge in [0.05, 0.1) is 5.75 Å². The van der Waals surface area contributed by atoms with Crippen molar-refractivity contribution < 1.29 is 4.79 Å². The first kappa shape index (κ1) is 5.32. The summed E-state index contributed by atoms with van der Waals surface area (Å²) in [4.78, 5) is 13.6. The van der Waals surface area contributed by atoms with Gasteiger partial charge in [-0.15, -0.1) is 0 Å². The zero-order valence-electron chi connectivity index (χ0n) is 3.92. The van der Waals surface area contributed by atoms with E-state index in [1.807, 2.05) is 0 Å². The molecule has 1 amide bonds. The zero-order valence-corrected chi connectivity index (χ0v) is 4.73. The van der Waals surface area contributed by atoms with E-state index in [2.05, 4.69) is 4.99 Å². The lowest BCUT2D eigenvalue weighted by atomic mass is 10.7. The number of thioether (sulfide) groups is 1. The van der Waals surface area contributed by atoms with Crippen molar-refractivity contribution in [2.24, 2.45) is 4.99 Å². The predicted octanol–water partition coefficient (Wildman–Crippen LogP) is 0.182. The second kappa shape index (κ2) is 1.97. The Labute approximate surface area is 50.4 Å². The van der Waals surface area contributed by atoms with Crippen LogP contribution in [0.5, 0.6) is 0 Å². The van der Waals surface area contributed by atoms with Gasteiger partial charge in [-0.1, -0.05) is 11.8 Å². The number of carbonyl (C=O) groups excluding carboxylic acids is 1. The van der Waals surface area contributed by atoms with Crippen molar-refractivity contribution in [2.75, 3.05) is 5.75 Å². The van der Waals surface area contributed by atoms with Gasteiger partial charge in [-0.2, -0.15) is 10.3 Å². The van der Waals surface area contributed by atoms with Crippen molar-refractivity contribution in [2.45, 2.75) is 0 Å². The molecule has 1 aliphatic heterocycles. The minimum Gasteiger partial charge on any atom is -0.272 e. The van der Waals surface area contributed by atoms with E-state index in [0.29, 0.717) is 5.75 Å². The maximum atomic E-state index is 10.3. The molecule has 0 saturated carbocycles. The molecule has 40 valence electrons. The number of carbonyl (C=O) groups is 1. The van der Waals surface area contributed by atoms with Crippen LogP contribution >= 0.6 is 11.8 Å². The van der Waals surface area contributed by atoms with E-state index in [-0.39, 0.29) is 11.0 Å². The van der Waals surface area contributed by atoms with Gasteiger partial charge in [0.15, 0.2) is 5.04 Å². The molecule has 3 nitrogen and oxygen atoms in total. The minimum atomic E-state index is -0.202. The summed E-state index contributed by atoms with van der Waals surface area (Å²) in [5.41, 5.74) is 0. The van der Waals surface area contributed by atoms with E-state index in [9.17, 15) is 4.79 Å². The molecule has 0 aromatic carbocycles. The van der Waals surface area contributed by atoms with E-state index in [1.165, 1.54) is 11.8 Å². The Morgan fingerprint density at radius 3 is 2.88 bits per heavy atom. The summed E-state index contributed by atoms with van der Waals surface area (Å²) in [6.07, 6.45) is 0. The largest absolute Gasteiger partial charge is 0.272 e. The predicted molar refractivity (Wildman–Crippen MR) is 30.5 cm³/mol. The van der Waals surface area contributed by atoms with Crippen LogP contribution in [0, 0.1) is 11.3 Å². The topological polar surface area (TPSA) is 53.2 Å². The third-order valence-corrected chi connectivity index (χ3v) is 1.50. The standard InChI is InChI=1S/C4H2N2OS/c5-1-4-6-3(7)2-8-4/h2H2. The van der Waals surface area contributed by atoms with Gasteiger partial charge in [-0.3, -0.25) is 4.79 Å². The van der Waals surface area contributed by atoms with E-state index < -0.39 is 0 Å². The Balaban J connectivity index is 2.75. The summed E-state index contributed by atoms with van der Waals surface area (Å²) >= 11 is 1.19. The summed E-state index contributed by atoms with van der Waals surface area (Å²) in [5, 5.41) is 8.42. The normalized spacial score (nSPS) is 17.9. The van der Waals surface area contributed by atoms with Crippen LogP contribution in [0.3, 0.4) is 0 Å². The van der Waals surface area contributed by atoms with E-state index in [4.69, 9.17) is 5.26 Å². The monoisotopic (exact) mass is 126 g/mol. The van der Waals surface area contributed by atoms with Crippen molar-refractivity contribution in [3.8, 4) is 6.07 Å². The Hall–Kier alpha value is -0.820. The third-order valence-electron chi connectivity index (χ3n) is 0.654. The average molecular weight is 126 g/mol. The number of hydrogen-bond donors (Lipinski definition) is 0. The van der Waals surface area contributed by atoms with Crippen LogP contribution in [0.4, 0.5) is 0 Å². The van der Waals surface area contributed by atoms with Gasteiger partial charge in [0, 0.05) is 0 Å². The Morgan fingerprint density at radius 2 is 2.62 bits per heavy atom. The highest BCUT2D eigenvalue weighted by molar-refractivity contribution is 8.15. The maximum absolute atomic E-state index is 10.3. The van der Waals surface area contributed by atoms with Crippen molar-refractivity contribution in [3.63, 3.8) is 0 Å². The van der Waals surface area contributed by atoms with Gasteiger partial charge in [0.2, 0.25) is 0 Å². The summed E-state index contributed by atoms with van der Waals surface area (Å²) < 4.78 is 0. The van der Waals surface area contributed by atoms with Crippen molar-refractivity contribution in [1.82, 2.24) is 0 Å². The van der Waals surface area contributed by atoms with Gasteiger partial charge >= 0.3 is 0 Å². The van der Waals surface area contributed by atoms with Crippen LogP contribution < -0.4 is 0 Å². The quantitative estimate of drug-likeness (QED) is 0.465. The van der Waals surface area contributed by atoms with Crippen molar-refractivity contribution >= 4 is 22.7 Å². The molecule has 4 heteroatoms. The number of rotatable bonds is 0. The molecule has 1 rings (SSSR count). The van der Waals surface area contributed by atoms with Crippen molar-refractivity contribution in [1.29, 1.82) is 5.26 Å². The number of nitrogens with zero attached hydrogens (tertiary/aromatic N) is 2. The molecule has 0 aliphatic carbocycles. The molecular weight excluding hydrogens is 124 g/mol. The molecule has 0 N–H and O–H groups in total. The van der Waals surface area contributed by atoms with Crippen LogP contribution in [0.15, 0.2) is 4.99 Å². The smallest absolute Gasteiger partial charge is 0.257 e. The van der Waals surface area contributed by atoms with Crippen molar-refractivity contribution in [3.05, 3.63) is 0 Å². The first-order chi connectivity index (χ1) is 3.83. The fourth-order valence-corrected chi connectivity index (χ4v) is 0.921. The highest BCUT2D eigenvalue weighted by Crippen LogP contribution is 2.10. The van der Waals surface area contributed by atoms with Gasteiger partial charge < -0.3 is 0 Å². The molecule has 0 bridgehead atoms. The second-order valence-corrected chi connectivity index (χ2v) is 2.18. The average Bonchev–Trinajstić information content (AvgIpc) is 2.14. The minimum absolute atomic E-state index is 0.202. The van der Waals surface area contributed by atoms with E-state index in [1.54, 1.807) is 6.07 Å². The number of nitriles is 1. The zero-order chi connectivity index (χ0) is 5.98. The number of amides is 1. The first-order valence-electron chi connectivity index (χ1n) is 1.97. The van der Waals surface area contributed by atoms with Crippen LogP contribution in [-0.4, -0.2) is 16.7 Å². The van der Waals surface area contributed by atoms with Crippen LogP contribution in [0.1, 0.15) is 0 Å². The molecule has 0 spiro atoms. The Morgan fingerprint density at radius 1 is 1.88 bits per heavy atom. The SMILES string of the molecule is N#CC1=NC(=O)CS1. The van der Waals surface area contributed by atoms with Crippen LogP contribution in [0.25, 0.3) is 0 Å². The lowest BCUT2D eigenvalue weighted by molar-refractivity contribution is -0.115. The van der Waals surface area contributed by atoms with Gasteiger partial charge in [-0.25, -0.2) is 0 Å². The molecule has 0 saturated heterocycles. The Bertz CT molecular complexity index is 191. The molecule has 1 aliphatic rings. The highest BCUT2D eigenvalue weighted by atomic mass is 32.2. The lowest BCUT2D eigenvalue weighted by Crippen LogP contribution is -1.86. The fourth-order valence-electron chi connectivity index (χ4n) is 0.365. The van der Waals surface area contributed by atoms with Crippen LogP contribution in [-0.2, 0) is 4.79 Å². The number of aliphatic imine (C=N–C) groups is 1. The molecule has 0 fully saturated rings. The molecule has 0 aromatic rings. The van der Waals surface area contributed by atoms with Gasteiger partial charge in [0.25, 0.3) is 5.91 Å². The molecule has 0 aromatic heterocycles. The molecule has 0 unspecified atom stereocenters. The fraction of sp³-hybridized carbons (Fsp3) is 0.250. The summed E-state index contributed by atoms with van der Waals surface area (Å²) in [5.74, 6) is 0.134. The Kier molecular flexibility index (Phi) is 1.31. The highest BCUT2D eigenvalue weighted by Gasteiger charge is 2.12. The molecular formula is C4H2N2OS. The number of hydrogen-bond acceptors (Lipinski definition) is 3. The summed E-state index contributed by atoms with van der Waals surface area (Å²) in [6, 6.07) is 1.79. The maximum Gasteiger partial charge on any atom is 0.257 e. The van der Waals surface area contributed by atoms with E-state index >= 15 is 0 Å². The van der Waals surface area contributed by atoms with Crippen LogP contribution in [0.2, 0.25) is 0 Å². The molecule has 1 heterocycles. The summed E-state index contributed by atoms with van der Waals surface area (Å²) in [6.45, 7) is 0. The first-order valence-corrected chi connectivity index (χ1v) is 2.96. The second-order valence-electron chi connectivity index (χ2n) is 1.21.